The first-order chi connectivity index (χ1) is 5.11. The molecule has 0 heterocycles. The second-order valence-corrected chi connectivity index (χ2v) is 2.93. The maximum Gasteiger partial charge on any atom is 0.239 e. The molecular weight excluding hydrogens is 144 g/mol. The molecule has 0 rings (SSSR count). The maximum absolute atomic E-state index is 10.9. The monoisotopic (exact) mass is 160 g/mol. The van der Waals surface area contributed by atoms with Crippen LogP contribution in [-0.4, -0.2) is 24.2 Å². The molecule has 0 aromatic heterocycles. The van der Waals surface area contributed by atoms with Gasteiger partial charge in [0.25, 0.3) is 0 Å². The summed E-state index contributed by atoms with van der Waals surface area (Å²) in [7, 11) is 1.55. The van der Waals surface area contributed by atoms with Crippen LogP contribution in [0.5, 0.6) is 0 Å². The Labute approximate surface area is 66.9 Å². The number of carbonyl (C=O) groups is 1. The lowest BCUT2D eigenvalue weighted by Crippen LogP contribution is -2.42. The van der Waals surface area contributed by atoms with Crippen molar-refractivity contribution < 1.29 is 10.0 Å². The van der Waals surface area contributed by atoms with Gasteiger partial charge in [-0.1, -0.05) is 13.8 Å². The van der Waals surface area contributed by atoms with Crippen molar-refractivity contribution in [1.82, 2.24) is 10.8 Å². The molecule has 0 aromatic carbocycles. The first kappa shape index (κ1) is 10.4. The average Bonchev–Trinajstić information content (AvgIpc) is 1.98. The molecule has 1 atom stereocenters. The lowest BCUT2D eigenvalue weighted by molar-refractivity contribution is -0.125. The van der Waals surface area contributed by atoms with Gasteiger partial charge in [0.2, 0.25) is 5.91 Å². The number of hydrogen-bond acceptors (Lipinski definition) is 3. The normalized spacial score (nSPS) is 13.2. The summed E-state index contributed by atoms with van der Waals surface area (Å²) in [4.78, 5) is 10.9. The van der Waals surface area contributed by atoms with E-state index in [0.29, 0.717) is 12.3 Å². The number of likely N-dealkylation sites (N-methyl/N-ethyl adjacent to an activating group) is 1. The Kier molecular flexibility index (Phi) is 4.81. The van der Waals surface area contributed by atoms with E-state index in [1.54, 1.807) is 7.05 Å². The highest BCUT2D eigenvalue weighted by Crippen LogP contribution is 2.03. The third-order valence-electron chi connectivity index (χ3n) is 1.43. The minimum atomic E-state index is -0.486. The van der Waals surface area contributed by atoms with Crippen LogP contribution >= 0.6 is 0 Å². The smallest absolute Gasteiger partial charge is 0.239 e. The summed E-state index contributed by atoms with van der Waals surface area (Å²) in [6, 6.07) is -0.486. The molecule has 0 saturated carbocycles. The molecule has 0 bridgehead atoms. The van der Waals surface area contributed by atoms with Crippen molar-refractivity contribution in [3.05, 3.63) is 0 Å². The zero-order valence-corrected chi connectivity index (χ0v) is 7.22. The molecule has 1 amide bonds. The second-order valence-electron chi connectivity index (χ2n) is 2.93. The quantitative estimate of drug-likeness (QED) is 0.512. The van der Waals surface area contributed by atoms with Crippen LogP contribution in [0.25, 0.3) is 0 Å². The SMILES string of the molecule is CNC(=O)[C@H](CC(C)C)NO. The van der Waals surface area contributed by atoms with Crippen LogP contribution < -0.4 is 10.8 Å². The number of nitrogens with one attached hydrogen (secondary N) is 2. The number of hydroxylamine groups is 1. The average molecular weight is 160 g/mol. The van der Waals surface area contributed by atoms with Gasteiger partial charge in [-0.3, -0.25) is 4.79 Å². The Morgan fingerprint density at radius 1 is 1.55 bits per heavy atom. The molecule has 0 unspecified atom stereocenters. The van der Waals surface area contributed by atoms with Crippen LogP contribution in [0.3, 0.4) is 0 Å². The van der Waals surface area contributed by atoms with Gasteiger partial charge in [0.1, 0.15) is 6.04 Å². The summed E-state index contributed by atoms with van der Waals surface area (Å²) in [5, 5.41) is 11.0. The van der Waals surface area contributed by atoms with Gasteiger partial charge in [-0.2, -0.15) is 5.48 Å². The highest BCUT2D eigenvalue weighted by atomic mass is 16.5. The predicted molar refractivity (Wildman–Crippen MR) is 42.2 cm³/mol. The van der Waals surface area contributed by atoms with Crippen LogP contribution in [0.2, 0.25) is 0 Å². The molecule has 66 valence electrons. The summed E-state index contributed by atoms with van der Waals surface area (Å²) in [5.74, 6) is 0.207. The maximum atomic E-state index is 10.9. The molecule has 0 fully saturated rings. The van der Waals surface area contributed by atoms with E-state index < -0.39 is 6.04 Å². The Morgan fingerprint density at radius 2 is 2.09 bits per heavy atom. The van der Waals surface area contributed by atoms with E-state index in [2.05, 4.69) is 5.32 Å². The van der Waals surface area contributed by atoms with Gasteiger partial charge in [-0.25, -0.2) is 0 Å². The minimum absolute atomic E-state index is 0.179. The molecule has 0 saturated heterocycles. The van der Waals surface area contributed by atoms with Gasteiger partial charge < -0.3 is 10.5 Å². The molecule has 0 aliphatic heterocycles. The summed E-state index contributed by atoms with van der Waals surface area (Å²) in [5.41, 5.74) is 1.97. The number of rotatable bonds is 4. The fourth-order valence-electron chi connectivity index (χ4n) is 0.864. The lowest BCUT2D eigenvalue weighted by Gasteiger charge is -2.14. The van der Waals surface area contributed by atoms with Crippen molar-refractivity contribution in [2.75, 3.05) is 7.05 Å². The van der Waals surface area contributed by atoms with E-state index in [1.165, 1.54) is 0 Å². The van der Waals surface area contributed by atoms with Crippen molar-refractivity contribution in [3.8, 4) is 0 Å². The molecular formula is C7H16N2O2. The van der Waals surface area contributed by atoms with Gasteiger partial charge in [0.05, 0.1) is 0 Å². The zero-order valence-electron chi connectivity index (χ0n) is 7.22. The Hall–Kier alpha value is -0.610. The molecule has 4 nitrogen and oxygen atoms in total. The van der Waals surface area contributed by atoms with Crippen molar-refractivity contribution in [3.63, 3.8) is 0 Å². The topological polar surface area (TPSA) is 61.4 Å². The number of hydrogen-bond donors (Lipinski definition) is 3. The van der Waals surface area contributed by atoms with E-state index >= 15 is 0 Å². The predicted octanol–water partition coefficient (Wildman–Crippen LogP) is 0.126. The van der Waals surface area contributed by atoms with Gasteiger partial charge in [0.15, 0.2) is 0 Å². The minimum Gasteiger partial charge on any atom is -0.358 e. The van der Waals surface area contributed by atoms with E-state index in [4.69, 9.17) is 5.21 Å². The molecule has 0 radical (unpaired) electrons. The molecule has 0 spiro atoms. The van der Waals surface area contributed by atoms with Crippen LogP contribution in [0.4, 0.5) is 0 Å². The fraction of sp³-hybridized carbons (Fsp3) is 0.857. The standard InChI is InChI=1S/C7H16N2O2/c1-5(2)4-6(9-11)7(10)8-3/h5-6,9,11H,4H2,1-3H3,(H,8,10)/t6-/m0/s1. The van der Waals surface area contributed by atoms with Crippen molar-refractivity contribution >= 4 is 5.91 Å². The van der Waals surface area contributed by atoms with Gasteiger partial charge in [-0.15, -0.1) is 0 Å². The summed E-state index contributed by atoms with van der Waals surface area (Å²) in [6.45, 7) is 3.99. The highest BCUT2D eigenvalue weighted by molar-refractivity contribution is 5.81. The van der Waals surface area contributed by atoms with Crippen molar-refractivity contribution in [2.45, 2.75) is 26.3 Å². The van der Waals surface area contributed by atoms with E-state index in [9.17, 15) is 4.79 Å². The van der Waals surface area contributed by atoms with E-state index in [1.807, 2.05) is 19.3 Å². The summed E-state index contributed by atoms with van der Waals surface area (Å²) >= 11 is 0. The third-order valence-corrected chi connectivity index (χ3v) is 1.43. The lowest BCUT2D eigenvalue weighted by atomic mass is 10.0. The Morgan fingerprint density at radius 3 is 2.36 bits per heavy atom. The third kappa shape index (κ3) is 3.95. The van der Waals surface area contributed by atoms with Gasteiger partial charge in [-0.05, 0) is 12.3 Å². The number of carbonyl (C=O) groups excluding carboxylic acids is 1. The van der Waals surface area contributed by atoms with Crippen LogP contribution in [0.15, 0.2) is 0 Å². The second kappa shape index (κ2) is 5.09. The highest BCUT2D eigenvalue weighted by Gasteiger charge is 2.16. The summed E-state index contributed by atoms with van der Waals surface area (Å²) < 4.78 is 0. The number of amides is 1. The molecule has 0 aliphatic carbocycles. The molecule has 3 N–H and O–H groups in total. The molecule has 11 heavy (non-hydrogen) atoms. The van der Waals surface area contributed by atoms with Crippen LogP contribution in [-0.2, 0) is 4.79 Å². The Bertz CT molecular complexity index is 126. The zero-order chi connectivity index (χ0) is 8.85. The largest absolute Gasteiger partial charge is 0.358 e. The van der Waals surface area contributed by atoms with Gasteiger partial charge in [0, 0.05) is 7.05 Å². The van der Waals surface area contributed by atoms with Crippen LogP contribution in [0, 0.1) is 5.92 Å². The molecule has 4 heteroatoms. The fourth-order valence-corrected chi connectivity index (χ4v) is 0.864. The molecule has 0 aromatic rings. The van der Waals surface area contributed by atoms with E-state index in [-0.39, 0.29) is 5.91 Å². The first-order valence-electron chi connectivity index (χ1n) is 3.73. The Balaban J connectivity index is 3.84. The van der Waals surface area contributed by atoms with Gasteiger partial charge >= 0.3 is 0 Å². The van der Waals surface area contributed by atoms with E-state index in [0.717, 1.165) is 0 Å². The first-order valence-corrected chi connectivity index (χ1v) is 3.73. The summed E-state index contributed by atoms with van der Waals surface area (Å²) in [6.07, 6.45) is 0.635. The van der Waals surface area contributed by atoms with Crippen LogP contribution in [0.1, 0.15) is 20.3 Å². The molecule has 0 aliphatic rings. The van der Waals surface area contributed by atoms with Crippen molar-refractivity contribution in [1.29, 1.82) is 0 Å². The van der Waals surface area contributed by atoms with Crippen molar-refractivity contribution in [2.24, 2.45) is 5.92 Å².